The molecule has 2 aromatic rings. The van der Waals surface area contributed by atoms with Gasteiger partial charge in [0.05, 0.1) is 11.1 Å². The van der Waals surface area contributed by atoms with Gasteiger partial charge < -0.3 is 0 Å². The van der Waals surface area contributed by atoms with Crippen LogP contribution in [0.3, 0.4) is 0 Å². The lowest BCUT2D eigenvalue weighted by Gasteiger charge is -2.09. The molecule has 0 atom stereocenters. The largest absolute Gasteiger partial charge is 0.417 e. The molecule has 1 heterocycles. The van der Waals surface area contributed by atoms with Crippen molar-refractivity contribution in [3.8, 4) is 0 Å². The van der Waals surface area contributed by atoms with Gasteiger partial charge in [0.2, 0.25) is 5.28 Å². The van der Waals surface area contributed by atoms with Crippen molar-refractivity contribution in [1.29, 1.82) is 0 Å². The maximum Gasteiger partial charge on any atom is 0.417 e. The Morgan fingerprint density at radius 1 is 1.25 bits per heavy atom. The molecule has 2 rings (SSSR count). The highest BCUT2D eigenvalue weighted by Crippen LogP contribution is 2.36. The minimum absolute atomic E-state index is 0.0431. The lowest BCUT2D eigenvalue weighted by molar-refractivity contribution is -0.138. The van der Waals surface area contributed by atoms with Gasteiger partial charge in [0, 0.05) is 16.1 Å². The number of aromatic nitrogens is 2. The fourth-order valence-electron chi connectivity index (χ4n) is 1.25. The van der Waals surface area contributed by atoms with Crippen LogP contribution in [-0.4, -0.2) is 9.97 Å². The van der Waals surface area contributed by atoms with E-state index in [9.17, 15) is 13.2 Å². The summed E-state index contributed by atoms with van der Waals surface area (Å²) in [5.41, 5.74) is -0.620. The normalized spacial score (nSPS) is 12.1. The summed E-state index contributed by atoms with van der Waals surface area (Å²) < 4.78 is 37.7. The van der Waals surface area contributed by atoms with Crippen LogP contribution in [0, 0.1) is 0 Å². The molecule has 0 aliphatic heterocycles. The van der Waals surface area contributed by atoms with Crippen LogP contribution in [0.1, 0.15) is 5.56 Å². The zero-order valence-electron chi connectivity index (χ0n) is 7.52. The second-order valence-electron chi connectivity index (χ2n) is 3.03. The van der Waals surface area contributed by atoms with E-state index in [-0.39, 0.29) is 15.3 Å². The van der Waals surface area contributed by atoms with Gasteiger partial charge in [-0.15, -0.1) is 0 Å². The monoisotopic (exact) mass is 310 g/mol. The predicted octanol–water partition coefficient (Wildman–Crippen LogP) is 4.06. The molecule has 0 aliphatic rings. The first-order valence-electron chi connectivity index (χ1n) is 4.07. The lowest BCUT2D eigenvalue weighted by Crippen LogP contribution is -2.06. The molecule has 0 saturated heterocycles. The minimum atomic E-state index is -4.43. The third-order valence-electron chi connectivity index (χ3n) is 1.94. The Balaban J connectivity index is 2.74. The molecule has 84 valence electrons. The maximum atomic E-state index is 12.6. The second kappa shape index (κ2) is 3.85. The number of fused-ring (bicyclic) bond motifs is 1. The van der Waals surface area contributed by atoms with Crippen molar-refractivity contribution in [2.45, 2.75) is 6.18 Å². The van der Waals surface area contributed by atoms with Crippen molar-refractivity contribution in [2.75, 3.05) is 0 Å². The number of rotatable bonds is 0. The van der Waals surface area contributed by atoms with Gasteiger partial charge in [0.15, 0.2) is 0 Å². The number of benzene rings is 1. The molecular formula is C9H3BrClF3N2. The fourth-order valence-corrected chi connectivity index (χ4v) is 1.97. The second-order valence-corrected chi connectivity index (χ2v) is 4.22. The first-order chi connectivity index (χ1) is 7.38. The van der Waals surface area contributed by atoms with Crippen molar-refractivity contribution in [3.05, 3.63) is 33.6 Å². The molecular weight excluding hydrogens is 308 g/mol. The van der Waals surface area contributed by atoms with Crippen LogP contribution in [-0.2, 0) is 6.18 Å². The number of nitrogens with zero attached hydrogens (tertiary/aromatic N) is 2. The summed E-state index contributed by atoms with van der Waals surface area (Å²) in [6.07, 6.45) is -3.06. The van der Waals surface area contributed by atoms with E-state index in [0.717, 1.165) is 6.07 Å². The van der Waals surface area contributed by atoms with Crippen LogP contribution in [0.25, 0.3) is 10.9 Å². The Morgan fingerprint density at radius 2 is 1.94 bits per heavy atom. The third-order valence-corrected chi connectivity index (χ3v) is 2.78. The molecule has 0 bridgehead atoms. The van der Waals surface area contributed by atoms with E-state index in [1.54, 1.807) is 0 Å². The zero-order valence-corrected chi connectivity index (χ0v) is 9.86. The van der Waals surface area contributed by atoms with Crippen molar-refractivity contribution in [3.63, 3.8) is 0 Å². The summed E-state index contributed by atoms with van der Waals surface area (Å²) >= 11 is 8.37. The number of hydrogen-bond acceptors (Lipinski definition) is 2. The first-order valence-corrected chi connectivity index (χ1v) is 5.24. The van der Waals surface area contributed by atoms with Crippen LogP contribution in [0.5, 0.6) is 0 Å². The Labute approximate surface area is 102 Å². The predicted molar refractivity (Wildman–Crippen MR) is 57.3 cm³/mol. The Hall–Kier alpha value is -0.880. The molecule has 7 heteroatoms. The minimum Gasteiger partial charge on any atom is -0.226 e. The molecule has 0 amide bonds. The van der Waals surface area contributed by atoms with Crippen LogP contribution < -0.4 is 0 Å². The standard InChI is InChI=1S/C9H3BrClF3N2/c10-6-1-4-3-15-8(11)16-7(4)2-5(6)9(12,13)14/h1-3H. The van der Waals surface area contributed by atoms with E-state index in [0.29, 0.717) is 5.39 Å². The van der Waals surface area contributed by atoms with E-state index in [1.165, 1.54) is 12.3 Å². The summed E-state index contributed by atoms with van der Waals surface area (Å²) in [6.45, 7) is 0. The average Bonchev–Trinajstić information content (AvgIpc) is 2.16. The topological polar surface area (TPSA) is 25.8 Å². The van der Waals surface area contributed by atoms with Crippen LogP contribution >= 0.6 is 27.5 Å². The average molecular weight is 311 g/mol. The Kier molecular flexibility index (Phi) is 2.79. The quantitative estimate of drug-likeness (QED) is 0.686. The molecule has 0 aliphatic carbocycles. The van der Waals surface area contributed by atoms with Gasteiger partial charge in [-0.05, 0) is 23.7 Å². The first kappa shape index (κ1) is 11.6. The third kappa shape index (κ3) is 2.12. The van der Waals surface area contributed by atoms with E-state index in [4.69, 9.17) is 11.6 Å². The fraction of sp³-hybridized carbons (Fsp3) is 0.111. The van der Waals surface area contributed by atoms with Crippen LogP contribution in [0.4, 0.5) is 13.2 Å². The summed E-state index contributed by atoms with van der Waals surface area (Å²) in [6, 6.07) is 2.25. The summed E-state index contributed by atoms with van der Waals surface area (Å²) in [5.74, 6) is 0. The van der Waals surface area contributed by atoms with Crippen molar-refractivity contribution < 1.29 is 13.2 Å². The maximum absolute atomic E-state index is 12.6. The van der Waals surface area contributed by atoms with E-state index in [1.807, 2.05) is 0 Å². The molecule has 1 aromatic heterocycles. The molecule has 0 radical (unpaired) electrons. The Bertz CT molecular complexity index is 556. The van der Waals surface area contributed by atoms with Crippen molar-refractivity contribution in [2.24, 2.45) is 0 Å². The Morgan fingerprint density at radius 3 is 2.56 bits per heavy atom. The van der Waals surface area contributed by atoms with Crippen LogP contribution in [0.15, 0.2) is 22.8 Å². The van der Waals surface area contributed by atoms with Gasteiger partial charge >= 0.3 is 6.18 Å². The molecule has 16 heavy (non-hydrogen) atoms. The highest BCUT2D eigenvalue weighted by molar-refractivity contribution is 9.10. The molecule has 1 aromatic carbocycles. The van der Waals surface area contributed by atoms with E-state index < -0.39 is 11.7 Å². The molecule has 0 unspecified atom stereocenters. The van der Waals surface area contributed by atoms with Crippen molar-refractivity contribution in [1.82, 2.24) is 9.97 Å². The summed E-state index contributed by atoms with van der Waals surface area (Å²) in [4.78, 5) is 7.42. The number of hydrogen-bond donors (Lipinski definition) is 0. The molecule has 0 spiro atoms. The van der Waals surface area contributed by atoms with Gasteiger partial charge in [0.1, 0.15) is 0 Å². The van der Waals surface area contributed by atoms with Gasteiger partial charge in [-0.3, -0.25) is 0 Å². The van der Waals surface area contributed by atoms with Gasteiger partial charge in [0.25, 0.3) is 0 Å². The van der Waals surface area contributed by atoms with Gasteiger partial charge in [-0.1, -0.05) is 15.9 Å². The zero-order chi connectivity index (χ0) is 11.9. The lowest BCUT2D eigenvalue weighted by atomic mass is 10.1. The number of halogens is 5. The summed E-state index contributed by atoms with van der Waals surface area (Å²) in [7, 11) is 0. The number of alkyl halides is 3. The van der Waals surface area contributed by atoms with Gasteiger partial charge in [-0.25, -0.2) is 9.97 Å². The molecule has 0 N–H and O–H groups in total. The highest BCUT2D eigenvalue weighted by Gasteiger charge is 2.33. The smallest absolute Gasteiger partial charge is 0.226 e. The highest BCUT2D eigenvalue weighted by atomic mass is 79.9. The van der Waals surface area contributed by atoms with E-state index >= 15 is 0 Å². The van der Waals surface area contributed by atoms with Crippen LogP contribution in [0.2, 0.25) is 5.28 Å². The molecule has 0 saturated carbocycles. The summed E-state index contributed by atoms with van der Waals surface area (Å²) in [5, 5.41) is 0.409. The van der Waals surface area contributed by atoms with E-state index in [2.05, 4.69) is 25.9 Å². The molecule has 2 nitrogen and oxygen atoms in total. The molecule has 0 fully saturated rings. The van der Waals surface area contributed by atoms with Gasteiger partial charge in [-0.2, -0.15) is 13.2 Å². The van der Waals surface area contributed by atoms with Crippen molar-refractivity contribution >= 4 is 38.4 Å². The SMILES string of the molecule is FC(F)(F)c1cc2nc(Cl)ncc2cc1Br.